The van der Waals surface area contributed by atoms with E-state index in [0.717, 1.165) is 23.9 Å². The summed E-state index contributed by atoms with van der Waals surface area (Å²) in [6, 6.07) is 7.54. The van der Waals surface area contributed by atoms with Gasteiger partial charge in [0, 0.05) is 0 Å². The molecule has 0 heterocycles. The van der Waals surface area contributed by atoms with Crippen molar-refractivity contribution in [3.05, 3.63) is 24.3 Å². The highest BCUT2D eigenvalue weighted by atomic mass is 33.1. The van der Waals surface area contributed by atoms with Crippen LogP contribution < -0.4 is 10.0 Å². The normalized spacial score (nSPS) is 11.5. The number of benzene rings is 1. The van der Waals surface area contributed by atoms with E-state index in [1.165, 1.54) is 0 Å². The van der Waals surface area contributed by atoms with Crippen LogP contribution in [0.25, 0.3) is 0 Å². The highest BCUT2D eigenvalue weighted by Crippen LogP contribution is 2.54. The first-order valence-corrected chi connectivity index (χ1v) is 8.93. The van der Waals surface area contributed by atoms with Gasteiger partial charge < -0.3 is 29.2 Å². The lowest BCUT2D eigenvalue weighted by molar-refractivity contribution is 0.351. The lowest BCUT2D eigenvalue weighted by Gasteiger charge is -2.37. The molecule has 16 heavy (non-hydrogen) atoms. The van der Waals surface area contributed by atoms with Crippen LogP contribution in [0.1, 0.15) is 19.8 Å². The van der Waals surface area contributed by atoms with Crippen LogP contribution in [-0.2, 0) is 29.0 Å². The molecule has 0 aliphatic heterocycles. The van der Waals surface area contributed by atoms with Crippen molar-refractivity contribution in [1.82, 2.24) is 0 Å². The van der Waals surface area contributed by atoms with Crippen molar-refractivity contribution >= 4 is 35.7 Å². The van der Waals surface area contributed by atoms with Gasteiger partial charge >= 0.3 is 0 Å². The fourth-order valence-electron chi connectivity index (χ4n) is 1.17. The van der Waals surface area contributed by atoms with Gasteiger partial charge in [-0.2, -0.15) is 0 Å². The van der Waals surface area contributed by atoms with E-state index in [-0.39, 0.29) is 0 Å². The van der Waals surface area contributed by atoms with Crippen molar-refractivity contribution in [2.24, 2.45) is 0 Å². The SMILES string of the molecule is CCCCO[P+]([S-])([S-])c1ccc(OC)cc1. The summed E-state index contributed by atoms with van der Waals surface area (Å²) in [5, 5.41) is 0.925. The van der Waals surface area contributed by atoms with Crippen molar-refractivity contribution in [3.63, 3.8) is 0 Å². The molecule has 0 bridgehead atoms. The van der Waals surface area contributed by atoms with E-state index in [4.69, 9.17) is 33.8 Å². The molecule has 1 aromatic rings. The summed E-state index contributed by atoms with van der Waals surface area (Å²) >= 11 is 10.7. The smallest absolute Gasteiger partial charge is 0.119 e. The molecule has 0 saturated heterocycles. The second-order valence-electron chi connectivity index (χ2n) is 3.38. The summed E-state index contributed by atoms with van der Waals surface area (Å²) in [6.45, 7) is 2.77. The Bertz CT molecular complexity index is 314. The van der Waals surface area contributed by atoms with Crippen LogP contribution in [-0.4, -0.2) is 13.7 Å². The number of hydrogen-bond acceptors (Lipinski definition) is 4. The van der Waals surface area contributed by atoms with Gasteiger partial charge in [0.15, 0.2) is 0 Å². The van der Waals surface area contributed by atoms with Gasteiger partial charge in [-0.1, -0.05) is 19.2 Å². The van der Waals surface area contributed by atoms with Gasteiger partial charge in [0.05, 0.1) is 19.0 Å². The topological polar surface area (TPSA) is 18.5 Å². The monoisotopic (exact) mass is 275 g/mol. The van der Waals surface area contributed by atoms with Gasteiger partial charge in [-0.05, 0) is 30.7 Å². The molecule has 0 N–H and O–H groups in total. The van der Waals surface area contributed by atoms with E-state index in [9.17, 15) is 0 Å². The zero-order valence-corrected chi connectivity index (χ0v) is 12.0. The zero-order valence-electron chi connectivity index (χ0n) is 9.51. The quantitative estimate of drug-likeness (QED) is 0.451. The molecule has 1 rings (SSSR count). The van der Waals surface area contributed by atoms with Crippen LogP contribution >= 0.6 is 5.89 Å². The highest BCUT2D eigenvalue weighted by Gasteiger charge is 2.12. The van der Waals surface area contributed by atoms with Crippen LogP contribution in [0.15, 0.2) is 24.3 Å². The van der Waals surface area contributed by atoms with Crippen LogP contribution in [0.2, 0.25) is 0 Å². The van der Waals surface area contributed by atoms with Gasteiger partial charge in [0.1, 0.15) is 5.75 Å². The Morgan fingerprint density at radius 3 is 2.31 bits per heavy atom. The Labute approximate surface area is 108 Å². The van der Waals surface area contributed by atoms with Gasteiger partial charge in [0.2, 0.25) is 0 Å². The molecule has 5 heteroatoms. The third-order valence-corrected chi connectivity index (χ3v) is 5.50. The first-order valence-electron chi connectivity index (χ1n) is 5.20. The molecule has 0 spiro atoms. The number of rotatable bonds is 6. The maximum Gasteiger partial charge on any atom is 0.119 e. The first-order chi connectivity index (χ1) is 7.60. The molecule has 0 atom stereocenters. The molecule has 0 saturated carbocycles. The van der Waals surface area contributed by atoms with E-state index in [0.29, 0.717) is 6.61 Å². The predicted molar refractivity (Wildman–Crippen MR) is 75.1 cm³/mol. The largest absolute Gasteiger partial charge is 0.542 e. The molecular weight excluding hydrogens is 259 g/mol. The molecule has 2 nitrogen and oxygen atoms in total. The number of hydrogen-bond donors (Lipinski definition) is 0. The molecule has 0 amide bonds. The van der Waals surface area contributed by atoms with Crippen LogP contribution in [0.3, 0.4) is 0 Å². The molecule has 0 fully saturated rings. The van der Waals surface area contributed by atoms with Gasteiger partial charge in [-0.3, -0.25) is 4.52 Å². The van der Waals surface area contributed by atoms with Crippen LogP contribution in [0.4, 0.5) is 0 Å². The van der Waals surface area contributed by atoms with E-state index < -0.39 is 5.89 Å². The Hall–Kier alpha value is 0.110. The third-order valence-electron chi connectivity index (χ3n) is 2.15. The summed E-state index contributed by atoms with van der Waals surface area (Å²) in [4.78, 5) is 0. The van der Waals surface area contributed by atoms with Crippen molar-refractivity contribution < 1.29 is 9.26 Å². The Balaban J connectivity index is 2.65. The van der Waals surface area contributed by atoms with E-state index in [1.807, 2.05) is 24.3 Å². The van der Waals surface area contributed by atoms with Crippen molar-refractivity contribution in [2.75, 3.05) is 13.7 Å². The molecule has 0 aromatic heterocycles. The van der Waals surface area contributed by atoms with Gasteiger partial charge in [-0.15, -0.1) is 0 Å². The first kappa shape index (κ1) is 14.2. The zero-order chi connectivity index (χ0) is 12.0. The number of ether oxygens (including phenoxy) is 1. The fraction of sp³-hybridized carbons (Fsp3) is 0.455. The fourth-order valence-corrected chi connectivity index (χ4v) is 3.38. The Morgan fingerprint density at radius 2 is 1.81 bits per heavy atom. The molecule has 1 aromatic carbocycles. The average Bonchev–Trinajstić information content (AvgIpc) is 2.29. The van der Waals surface area contributed by atoms with E-state index >= 15 is 0 Å². The highest BCUT2D eigenvalue weighted by molar-refractivity contribution is 8.74. The summed E-state index contributed by atoms with van der Waals surface area (Å²) in [7, 11) is 1.64. The summed E-state index contributed by atoms with van der Waals surface area (Å²) in [6.07, 6.45) is 2.10. The Kier molecular flexibility index (Phi) is 5.98. The third kappa shape index (κ3) is 4.17. The molecule has 90 valence electrons. The minimum absolute atomic E-state index is 0.656. The van der Waals surface area contributed by atoms with Gasteiger partial charge in [-0.25, -0.2) is 0 Å². The van der Waals surface area contributed by atoms with Gasteiger partial charge in [0.25, 0.3) is 0 Å². The van der Waals surface area contributed by atoms with E-state index in [2.05, 4.69) is 6.92 Å². The van der Waals surface area contributed by atoms with Crippen molar-refractivity contribution in [1.29, 1.82) is 0 Å². The Morgan fingerprint density at radius 1 is 1.19 bits per heavy atom. The van der Waals surface area contributed by atoms with Crippen LogP contribution in [0.5, 0.6) is 5.75 Å². The lowest BCUT2D eigenvalue weighted by atomic mass is 10.3. The summed E-state index contributed by atoms with van der Waals surface area (Å²) in [5.41, 5.74) is 0. The maximum absolute atomic E-state index is 5.63. The predicted octanol–water partition coefficient (Wildman–Crippen LogP) is 2.99. The molecule has 0 aliphatic rings. The molecule has 0 radical (unpaired) electrons. The average molecular weight is 275 g/mol. The molecular formula is C11H16O2PS2-. The lowest BCUT2D eigenvalue weighted by Crippen LogP contribution is -2.10. The molecule has 0 unspecified atom stereocenters. The second-order valence-corrected chi connectivity index (χ2v) is 8.93. The van der Waals surface area contributed by atoms with Crippen LogP contribution in [0, 0.1) is 0 Å². The maximum atomic E-state index is 5.63. The van der Waals surface area contributed by atoms with Crippen molar-refractivity contribution in [3.8, 4) is 5.75 Å². The summed E-state index contributed by atoms with van der Waals surface area (Å²) in [5.74, 6) is -1.44. The minimum atomic E-state index is -2.24. The molecule has 0 aliphatic carbocycles. The summed E-state index contributed by atoms with van der Waals surface area (Å²) < 4.78 is 10.7. The number of methoxy groups -OCH3 is 1. The van der Waals surface area contributed by atoms with Crippen molar-refractivity contribution in [2.45, 2.75) is 19.8 Å². The van der Waals surface area contributed by atoms with E-state index in [1.54, 1.807) is 7.11 Å². The number of unbranched alkanes of at least 4 members (excludes halogenated alkanes) is 1. The minimum Gasteiger partial charge on any atom is -0.542 e. The standard InChI is InChI=1S/C11H17O2PS2/c1-3-4-9-13-14(15,16)11-7-5-10(12-2)6-8-11/h5-8H,3-4,9H2,1-2H3,(H,15,16)/p-1. The second kappa shape index (κ2) is 6.75.